The van der Waals surface area contributed by atoms with Crippen molar-refractivity contribution in [1.82, 2.24) is 4.57 Å². The van der Waals surface area contributed by atoms with Crippen LogP contribution in [0.2, 0.25) is 5.02 Å². The second-order valence-electron chi connectivity index (χ2n) is 6.59. The Labute approximate surface area is 167 Å². The molecule has 4 aromatic rings. The number of rotatable bonds is 6. The van der Waals surface area contributed by atoms with Crippen LogP contribution in [0, 0.1) is 10.1 Å². The third-order valence-corrected chi connectivity index (χ3v) is 4.91. The minimum absolute atomic E-state index is 0.0867. The molecule has 1 heterocycles. The summed E-state index contributed by atoms with van der Waals surface area (Å²) >= 11 is 6.12. The van der Waals surface area contributed by atoms with E-state index in [-0.39, 0.29) is 5.69 Å². The van der Waals surface area contributed by atoms with Gasteiger partial charge in [-0.1, -0.05) is 41.9 Å². The highest BCUT2D eigenvalue weighted by Crippen LogP contribution is 2.24. The largest absolute Gasteiger partial charge is 0.381 e. The van der Waals surface area contributed by atoms with E-state index in [1.807, 2.05) is 30.3 Å². The summed E-state index contributed by atoms with van der Waals surface area (Å²) < 4.78 is 2.22. The summed E-state index contributed by atoms with van der Waals surface area (Å²) in [6.07, 6.45) is 2.14. The Morgan fingerprint density at radius 1 is 1.00 bits per heavy atom. The minimum Gasteiger partial charge on any atom is -0.381 e. The summed E-state index contributed by atoms with van der Waals surface area (Å²) in [7, 11) is 0. The molecule has 0 unspecified atom stereocenters. The molecular formula is C22H18ClN3O2. The first-order valence-electron chi connectivity index (χ1n) is 8.90. The van der Waals surface area contributed by atoms with Gasteiger partial charge in [-0.05, 0) is 41.5 Å². The molecule has 0 saturated heterocycles. The number of para-hydroxylation sites is 1. The molecular weight excluding hydrogens is 374 g/mol. The number of halogens is 1. The van der Waals surface area contributed by atoms with Crippen molar-refractivity contribution in [2.24, 2.45) is 0 Å². The number of nitrogens with one attached hydrogen (secondary N) is 1. The first-order valence-corrected chi connectivity index (χ1v) is 9.27. The topological polar surface area (TPSA) is 60.1 Å². The lowest BCUT2D eigenvalue weighted by atomic mass is 10.1. The first kappa shape index (κ1) is 18.1. The second kappa shape index (κ2) is 7.74. The molecule has 3 aromatic carbocycles. The van der Waals surface area contributed by atoms with E-state index in [9.17, 15) is 10.1 Å². The van der Waals surface area contributed by atoms with E-state index in [4.69, 9.17) is 11.6 Å². The molecule has 0 fully saturated rings. The van der Waals surface area contributed by atoms with E-state index in [1.165, 1.54) is 17.5 Å². The van der Waals surface area contributed by atoms with Crippen LogP contribution in [0.5, 0.6) is 0 Å². The van der Waals surface area contributed by atoms with Gasteiger partial charge in [0.1, 0.15) is 0 Å². The molecule has 0 aliphatic rings. The lowest BCUT2D eigenvalue weighted by Crippen LogP contribution is -2.00. The Kier molecular flexibility index (Phi) is 5.00. The Morgan fingerprint density at radius 3 is 2.54 bits per heavy atom. The smallest absolute Gasteiger partial charge is 0.269 e. The number of nitro benzene ring substituents is 1. The predicted octanol–water partition coefficient (Wildman–Crippen LogP) is 5.86. The van der Waals surface area contributed by atoms with Crippen LogP contribution in [0.4, 0.5) is 11.4 Å². The highest BCUT2D eigenvalue weighted by molar-refractivity contribution is 6.30. The van der Waals surface area contributed by atoms with Crippen LogP contribution in [-0.2, 0) is 13.1 Å². The molecule has 4 rings (SSSR count). The summed E-state index contributed by atoms with van der Waals surface area (Å²) in [6, 6.07) is 22.6. The van der Waals surface area contributed by atoms with Crippen LogP contribution in [0.3, 0.4) is 0 Å². The maximum absolute atomic E-state index is 10.8. The average Bonchev–Trinajstić information content (AvgIpc) is 3.04. The van der Waals surface area contributed by atoms with Crippen molar-refractivity contribution >= 4 is 33.9 Å². The van der Waals surface area contributed by atoms with E-state index < -0.39 is 4.92 Å². The number of non-ortho nitro benzene ring substituents is 1. The molecule has 6 heteroatoms. The molecule has 28 heavy (non-hydrogen) atoms. The zero-order chi connectivity index (χ0) is 19.5. The molecule has 1 N–H and O–H groups in total. The van der Waals surface area contributed by atoms with Crippen LogP contribution < -0.4 is 5.32 Å². The van der Waals surface area contributed by atoms with Crippen LogP contribution in [0.1, 0.15) is 11.1 Å². The van der Waals surface area contributed by atoms with E-state index in [0.717, 1.165) is 33.9 Å². The van der Waals surface area contributed by atoms with Crippen LogP contribution in [0.15, 0.2) is 79.0 Å². The third-order valence-electron chi connectivity index (χ3n) is 4.67. The molecule has 0 bridgehead atoms. The van der Waals surface area contributed by atoms with E-state index in [2.05, 4.69) is 34.3 Å². The highest BCUT2D eigenvalue weighted by Gasteiger charge is 2.09. The molecule has 0 radical (unpaired) electrons. The van der Waals surface area contributed by atoms with Gasteiger partial charge in [0.15, 0.2) is 0 Å². The molecule has 0 amide bonds. The Morgan fingerprint density at radius 2 is 1.79 bits per heavy atom. The number of nitrogens with zero attached hydrogens (tertiary/aromatic N) is 2. The lowest BCUT2D eigenvalue weighted by Gasteiger charge is -2.06. The maximum atomic E-state index is 10.8. The van der Waals surface area contributed by atoms with E-state index >= 15 is 0 Å². The van der Waals surface area contributed by atoms with Crippen LogP contribution in [-0.4, -0.2) is 9.49 Å². The average molecular weight is 392 g/mol. The monoisotopic (exact) mass is 391 g/mol. The summed E-state index contributed by atoms with van der Waals surface area (Å²) in [5, 5.41) is 16.0. The minimum atomic E-state index is -0.396. The van der Waals surface area contributed by atoms with E-state index in [0.29, 0.717) is 6.54 Å². The maximum Gasteiger partial charge on any atom is 0.269 e. The molecule has 0 aliphatic heterocycles. The molecule has 140 valence electrons. The van der Waals surface area contributed by atoms with Crippen LogP contribution >= 0.6 is 11.6 Å². The summed E-state index contributed by atoms with van der Waals surface area (Å²) in [5.74, 6) is 0. The van der Waals surface area contributed by atoms with Crippen molar-refractivity contribution in [3.05, 3.63) is 105 Å². The van der Waals surface area contributed by atoms with Gasteiger partial charge in [-0.3, -0.25) is 10.1 Å². The zero-order valence-electron chi connectivity index (χ0n) is 15.0. The number of fused-ring (bicyclic) bond motifs is 1. The number of nitro groups is 1. The van der Waals surface area contributed by atoms with Gasteiger partial charge >= 0.3 is 0 Å². The van der Waals surface area contributed by atoms with Crippen molar-refractivity contribution < 1.29 is 4.92 Å². The Hall–Kier alpha value is -3.31. The summed E-state index contributed by atoms with van der Waals surface area (Å²) in [4.78, 5) is 10.4. The van der Waals surface area contributed by atoms with Gasteiger partial charge in [-0.2, -0.15) is 0 Å². The van der Waals surface area contributed by atoms with Gasteiger partial charge in [0, 0.05) is 53.0 Å². The molecule has 5 nitrogen and oxygen atoms in total. The van der Waals surface area contributed by atoms with Gasteiger partial charge in [0.2, 0.25) is 0 Å². The van der Waals surface area contributed by atoms with Gasteiger partial charge < -0.3 is 9.88 Å². The first-order chi connectivity index (χ1) is 13.6. The molecule has 0 saturated carbocycles. The number of hydrogen-bond acceptors (Lipinski definition) is 3. The number of hydrogen-bond donors (Lipinski definition) is 1. The number of aromatic nitrogens is 1. The highest BCUT2D eigenvalue weighted by atomic mass is 35.5. The van der Waals surface area contributed by atoms with Gasteiger partial charge in [0.25, 0.3) is 5.69 Å². The molecule has 0 atom stereocenters. The van der Waals surface area contributed by atoms with E-state index in [1.54, 1.807) is 12.1 Å². The molecule has 1 aromatic heterocycles. The van der Waals surface area contributed by atoms with Gasteiger partial charge in [-0.15, -0.1) is 0 Å². The van der Waals surface area contributed by atoms with Crippen molar-refractivity contribution in [2.75, 3.05) is 5.32 Å². The van der Waals surface area contributed by atoms with Crippen molar-refractivity contribution in [1.29, 1.82) is 0 Å². The summed E-state index contributed by atoms with van der Waals surface area (Å²) in [6.45, 7) is 1.36. The quantitative estimate of drug-likeness (QED) is 0.330. The standard InChI is InChI=1S/C22H18ClN3O2/c23-18-5-3-4-16(12-18)14-25-15-17(21-6-1-2-7-22(21)25)13-24-19-8-10-20(11-9-19)26(27)28/h1-12,15,24H,13-14H2. The fourth-order valence-electron chi connectivity index (χ4n) is 3.32. The van der Waals surface area contributed by atoms with Crippen molar-refractivity contribution in [3.8, 4) is 0 Å². The fourth-order valence-corrected chi connectivity index (χ4v) is 3.54. The van der Waals surface area contributed by atoms with Gasteiger partial charge in [0.05, 0.1) is 4.92 Å². The zero-order valence-corrected chi connectivity index (χ0v) is 15.8. The third kappa shape index (κ3) is 3.85. The lowest BCUT2D eigenvalue weighted by molar-refractivity contribution is -0.384. The second-order valence-corrected chi connectivity index (χ2v) is 7.02. The van der Waals surface area contributed by atoms with Gasteiger partial charge in [-0.25, -0.2) is 0 Å². The molecule has 0 aliphatic carbocycles. The normalized spacial score (nSPS) is 10.9. The fraction of sp³-hybridized carbons (Fsp3) is 0.0909. The summed E-state index contributed by atoms with van der Waals surface area (Å²) in [5.41, 5.74) is 4.39. The SMILES string of the molecule is O=[N+]([O-])c1ccc(NCc2cn(Cc3cccc(Cl)c3)c3ccccc23)cc1. The number of anilines is 1. The van der Waals surface area contributed by atoms with Crippen molar-refractivity contribution in [2.45, 2.75) is 13.1 Å². The Balaban J connectivity index is 1.58. The predicted molar refractivity (Wildman–Crippen MR) is 113 cm³/mol. The van der Waals surface area contributed by atoms with Crippen LogP contribution in [0.25, 0.3) is 10.9 Å². The number of benzene rings is 3. The Bertz CT molecular complexity index is 1140. The molecule has 0 spiro atoms. The van der Waals surface area contributed by atoms with Crippen molar-refractivity contribution in [3.63, 3.8) is 0 Å².